The largest absolute Gasteiger partial charge is 0.481 e. The van der Waals surface area contributed by atoms with Crippen LogP contribution < -0.4 is 10.1 Å². The lowest BCUT2D eigenvalue weighted by atomic mass is 10.1. The molecule has 0 spiro atoms. The fraction of sp³-hybridized carbons (Fsp3) is 0.0714. The molecule has 4 nitrogen and oxygen atoms in total. The molecule has 0 unspecified atom stereocenters. The molecule has 2 N–H and O–H groups in total. The van der Waals surface area contributed by atoms with E-state index in [2.05, 4.69) is 5.32 Å². The number of aliphatic carboxylic acids is 1. The number of benzene rings is 2. The van der Waals surface area contributed by atoms with E-state index >= 15 is 0 Å². The fourth-order valence-electron chi connectivity index (χ4n) is 1.96. The second-order valence-electron chi connectivity index (χ2n) is 4.12. The first kappa shape index (κ1) is 10.7. The molecule has 90 valence electrons. The molecule has 1 heterocycles. The van der Waals surface area contributed by atoms with Crippen LogP contribution in [0.25, 0.3) is 0 Å². The van der Waals surface area contributed by atoms with E-state index < -0.39 is 5.97 Å². The molecule has 0 aliphatic carbocycles. The Kier molecular flexibility index (Phi) is 2.41. The first-order chi connectivity index (χ1) is 8.72. The molecule has 2 aromatic carbocycles. The van der Waals surface area contributed by atoms with Crippen LogP contribution in [0.15, 0.2) is 42.5 Å². The predicted octanol–water partition coefficient (Wildman–Crippen LogP) is 3.16. The standard InChI is InChI=1S/C14H11NO3/c16-14(17)8-9-5-6-11-13(7-9)18-12-4-2-1-3-10(12)15-11/h1-7,15H,8H2,(H,16,17). The van der Waals surface area contributed by atoms with Crippen molar-refractivity contribution in [3.05, 3.63) is 48.0 Å². The number of carboxylic acid groups (broad SMARTS) is 1. The summed E-state index contributed by atoms with van der Waals surface area (Å²) in [4.78, 5) is 10.7. The zero-order valence-corrected chi connectivity index (χ0v) is 9.51. The lowest BCUT2D eigenvalue weighted by Crippen LogP contribution is -2.05. The molecular formula is C14H11NO3. The molecule has 2 aromatic rings. The average Bonchev–Trinajstić information content (AvgIpc) is 2.35. The number of hydrogen-bond acceptors (Lipinski definition) is 3. The van der Waals surface area contributed by atoms with Crippen molar-refractivity contribution in [2.45, 2.75) is 6.42 Å². The minimum absolute atomic E-state index is 0.00170. The highest BCUT2D eigenvalue weighted by molar-refractivity contribution is 5.77. The summed E-state index contributed by atoms with van der Waals surface area (Å²) in [5, 5.41) is 12.0. The van der Waals surface area contributed by atoms with Crippen LogP contribution in [-0.2, 0) is 11.2 Å². The summed E-state index contributed by atoms with van der Waals surface area (Å²) < 4.78 is 5.74. The summed E-state index contributed by atoms with van der Waals surface area (Å²) in [6.07, 6.45) is -0.00170. The van der Waals surface area contributed by atoms with Gasteiger partial charge in [-0.3, -0.25) is 4.79 Å². The average molecular weight is 241 g/mol. The van der Waals surface area contributed by atoms with Crippen LogP contribution in [0.2, 0.25) is 0 Å². The summed E-state index contributed by atoms with van der Waals surface area (Å²) in [5.74, 6) is 0.559. The van der Waals surface area contributed by atoms with Crippen LogP contribution in [0.1, 0.15) is 5.56 Å². The second-order valence-corrected chi connectivity index (χ2v) is 4.12. The fourth-order valence-corrected chi connectivity index (χ4v) is 1.96. The first-order valence-corrected chi connectivity index (χ1v) is 5.61. The van der Waals surface area contributed by atoms with Gasteiger partial charge in [0, 0.05) is 0 Å². The topological polar surface area (TPSA) is 58.6 Å². The van der Waals surface area contributed by atoms with Gasteiger partial charge in [-0.1, -0.05) is 18.2 Å². The zero-order valence-electron chi connectivity index (χ0n) is 9.51. The maximum atomic E-state index is 10.7. The smallest absolute Gasteiger partial charge is 0.307 e. The Morgan fingerprint density at radius 3 is 2.72 bits per heavy atom. The number of carbonyl (C=O) groups is 1. The number of para-hydroxylation sites is 2. The normalized spacial score (nSPS) is 11.8. The van der Waals surface area contributed by atoms with Gasteiger partial charge in [0.1, 0.15) is 0 Å². The molecule has 0 radical (unpaired) electrons. The van der Waals surface area contributed by atoms with Crippen molar-refractivity contribution >= 4 is 17.3 Å². The van der Waals surface area contributed by atoms with Gasteiger partial charge in [0.25, 0.3) is 0 Å². The summed E-state index contributed by atoms with van der Waals surface area (Å²) in [5.41, 5.74) is 2.49. The molecule has 0 saturated heterocycles. The van der Waals surface area contributed by atoms with Crippen LogP contribution in [0, 0.1) is 0 Å². The van der Waals surface area contributed by atoms with Gasteiger partial charge < -0.3 is 15.2 Å². The van der Waals surface area contributed by atoms with Crippen molar-refractivity contribution in [1.29, 1.82) is 0 Å². The third-order valence-electron chi connectivity index (χ3n) is 2.78. The van der Waals surface area contributed by atoms with Gasteiger partial charge in [-0.25, -0.2) is 0 Å². The third kappa shape index (κ3) is 1.88. The Balaban J connectivity index is 1.96. The van der Waals surface area contributed by atoms with Gasteiger partial charge in [0.15, 0.2) is 11.5 Å². The number of rotatable bonds is 2. The Bertz CT molecular complexity index is 622. The number of fused-ring (bicyclic) bond motifs is 2. The minimum atomic E-state index is -0.848. The second kappa shape index (κ2) is 4.07. The highest BCUT2D eigenvalue weighted by Gasteiger charge is 2.16. The maximum absolute atomic E-state index is 10.7. The molecule has 18 heavy (non-hydrogen) atoms. The summed E-state index contributed by atoms with van der Waals surface area (Å²) >= 11 is 0. The number of anilines is 2. The Morgan fingerprint density at radius 2 is 1.89 bits per heavy atom. The molecular weight excluding hydrogens is 230 g/mol. The SMILES string of the molecule is O=C(O)Cc1ccc2c(c1)Oc1ccccc1N2. The van der Waals surface area contributed by atoms with Crippen molar-refractivity contribution in [3.63, 3.8) is 0 Å². The number of hydrogen-bond donors (Lipinski definition) is 2. The Hall–Kier alpha value is -2.49. The minimum Gasteiger partial charge on any atom is -0.481 e. The van der Waals surface area contributed by atoms with Gasteiger partial charge >= 0.3 is 5.97 Å². The summed E-state index contributed by atoms with van der Waals surface area (Å²) in [6, 6.07) is 13.0. The van der Waals surface area contributed by atoms with E-state index in [0.717, 1.165) is 22.7 Å². The van der Waals surface area contributed by atoms with Crippen molar-refractivity contribution in [3.8, 4) is 11.5 Å². The Morgan fingerprint density at radius 1 is 1.11 bits per heavy atom. The van der Waals surface area contributed by atoms with E-state index in [4.69, 9.17) is 9.84 Å². The zero-order chi connectivity index (χ0) is 12.5. The van der Waals surface area contributed by atoms with Gasteiger partial charge in [0.2, 0.25) is 0 Å². The molecule has 1 aliphatic rings. The van der Waals surface area contributed by atoms with Crippen LogP contribution in [0.5, 0.6) is 11.5 Å². The molecule has 0 aromatic heterocycles. The highest BCUT2D eigenvalue weighted by atomic mass is 16.5. The molecule has 0 amide bonds. The van der Waals surface area contributed by atoms with E-state index in [1.807, 2.05) is 30.3 Å². The van der Waals surface area contributed by atoms with Gasteiger partial charge in [0.05, 0.1) is 17.8 Å². The van der Waals surface area contributed by atoms with Gasteiger partial charge in [-0.2, -0.15) is 0 Å². The summed E-state index contributed by atoms with van der Waals surface area (Å²) in [7, 11) is 0. The molecule has 0 atom stereocenters. The first-order valence-electron chi connectivity index (χ1n) is 5.61. The number of nitrogens with one attached hydrogen (secondary N) is 1. The maximum Gasteiger partial charge on any atom is 0.307 e. The van der Waals surface area contributed by atoms with E-state index in [0.29, 0.717) is 5.75 Å². The molecule has 0 fully saturated rings. The van der Waals surface area contributed by atoms with E-state index in [-0.39, 0.29) is 6.42 Å². The lowest BCUT2D eigenvalue weighted by Gasteiger charge is -2.21. The van der Waals surface area contributed by atoms with Crippen molar-refractivity contribution < 1.29 is 14.6 Å². The Labute approximate surface area is 104 Å². The van der Waals surface area contributed by atoms with E-state index in [1.165, 1.54) is 0 Å². The van der Waals surface area contributed by atoms with Crippen LogP contribution >= 0.6 is 0 Å². The monoisotopic (exact) mass is 241 g/mol. The van der Waals surface area contributed by atoms with Crippen LogP contribution in [0.4, 0.5) is 11.4 Å². The molecule has 0 saturated carbocycles. The van der Waals surface area contributed by atoms with Crippen molar-refractivity contribution in [1.82, 2.24) is 0 Å². The van der Waals surface area contributed by atoms with Gasteiger partial charge in [-0.05, 0) is 29.8 Å². The quantitative estimate of drug-likeness (QED) is 0.723. The summed E-state index contributed by atoms with van der Waals surface area (Å²) in [6.45, 7) is 0. The van der Waals surface area contributed by atoms with Crippen molar-refractivity contribution in [2.24, 2.45) is 0 Å². The number of ether oxygens (including phenoxy) is 1. The van der Waals surface area contributed by atoms with Crippen LogP contribution in [0.3, 0.4) is 0 Å². The molecule has 0 bridgehead atoms. The highest BCUT2D eigenvalue weighted by Crippen LogP contribution is 2.41. The molecule has 4 heteroatoms. The van der Waals surface area contributed by atoms with E-state index in [1.54, 1.807) is 12.1 Å². The lowest BCUT2D eigenvalue weighted by molar-refractivity contribution is -0.136. The third-order valence-corrected chi connectivity index (χ3v) is 2.78. The molecule has 3 rings (SSSR count). The molecule has 1 aliphatic heterocycles. The van der Waals surface area contributed by atoms with E-state index in [9.17, 15) is 4.79 Å². The van der Waals surface area contributed by atoms with Gasteiger partial charge in [-0.15, -0.1) is 0 Å². The van der Waals surface area contributed by atoms with Crippen molar-refractivity contribution in [2.75, 3.05) is 5.32 Å². The number of carboxylic acids is 1. The van der Waals surface area contributed by atoms with Crippen LogP contribution in [-0.4, -0.2) is 11.1 Å². The predicted molar refractivity (Wildman–Crippen MR) is 67.6 cm³/mol.